The van der Waals surface area contributed by atoms with E-state index in [4.69, 9.17) is 0 Å². The Morgan fingerprint density at radius 3 is 2.38 bits per heavy atom. The minimum Gasteiger partial charge on any atom is -0.303 e. The van der Waals surface area contributed by atoms with Crippen LogP contribution in [0.15, 0.2) is 17.7 Å². The van der Waals surface area contributed by atoms with Gasteiger partial charge in [0.05, 0.1) is 0 Å². The molecule has 0 aromatic heterocycles. The van der Waals surface area contributed by atoms with Crippen molar-refractivity contribution in [2.24, 2.45) is 0 Å². The van der Waals surface area contributed by atoms with Crippen LogP contribution in [0.1, 0.15) is 61.8 Å². The fraction of sp³-hybridized carbons (Fsp3) is 0.600. The van der Waals surface area contributed by atoms with E-state index in [2.05, 4.69) is 37.0 Å². The number of hydrogen-bond acceptors (Lipinski definition) is 1. The van der Waals surface area contributed by atoms with E-state index in [9.17, 15) is 0 Å². The first-order chi connectivity index (χ1) is 10.3. The number of aryl methyl sites for hydroxylation is 3. The average molecular weight is 283 g/mol. The van der Waals surface area contributed by atoms with Crippen molar-refractivity contribution in [3.05, 3.63) is 40.0 Å². The standard InChI is InChI=1S/C20H29N/c1-3-17-14-19-8-7-16(9-12-21-10-5-6-11-21)13-20(19)15-18(17)4-2/h13-15H,3-12H2,1-2H3. The Kier molecular flexibility index (Phi) is 4.80. The molecule has 114 valence electrons. The second-order valence-electron chi connectivity index (χ2n) is 6.63. The number of fused-ring (bicyclic) bond motifs is 1. The molecule has 1 heterocycles. The largest absolute Gasteiger partial charge is 0.303 e. The van der Waals surface area contributed by atoms with Gasteiger partial charge >= 0.3 is 0 Å². The summed E-state index contributed by atoms with van der Waals surface area (Å²) in [6.45, 7) is 8.48. The quantitative estimate of drug-likeness (QED) is 0.761. The van der Waals surface area contributed by atoms with Gasteiger partial charge in [-0.25, -0.2) is 0 Å². The van der Waals surface area contributed by atoms with Gasteiger partial charge in [-0.15, -0.1) is 0 Å². The Balaban J connectivity index is 1.73. The lowest BCUT2D eigenvalue weighted by atomic mass is 9.86. The van der Waals surface area contributed by atoms with Crippen LogP contribution in [-0.4, -0.2) is 24.5 Å². The zero-order chi connectivity index (χ0) is 14.7. The molecule has 0 saturated carbocycles. The minimum atomic E-state index is 1.16. The fourth-order valence-corrected chi connectivity index (χ4v) is 3.86. The van der Waals surface area contributed by atoms with Crippen molar-refractivity contribution in [3.63, 3.8) is 0 Å². The van der Waals surface area contributed by atoms with Crippen LogP contribution in [0.2, 0.25) is 0 Å². The Labute approximate surface area is 130 Å². The summed E-state index contributed by atoms with van der Waals surface area (Å²) < 4.78 is 0. The molecule has 21 heavy (non-hydrogen) atoms. The van der Waals surface area contributed by atoms with E-state index < -0.39 is 0 Å². The van der Waals surface area contributed by atoms with Crippen molar-refractivity contribution in [1.82, 2.24) is 4.90 Å². The monoisotopic (exact) mass is 283 g/mol. The van der Waals surface area contributed by atoms with Crippen molar-refractivity contribution >= 4 is 6.08 Å². The molecule has 1 fully saturated rings. The van der Waals surface area contributed by atoms with Gasteiger partial charge in [0.15, 0.2) is 0 Å². The molecule has 0 spiro atoms. The molecule has 3 rings (SSSR count). The van der Waals surface area contributed by atoms with Gasteiger partial charge in [-0.3, -0.25) is 0 Å². The summed E-state index contributed by atoms with van der Waals surface area (Å²) in [6.07, 6.45) is 11.4. The van der Waals surface area contributed by atoms with E-state index >= 15 is 0 Å². The molecule has 0 amide bonds. The van der Waals surface area contributed by atoms with Crippen LogP contribution in [0.4, 0.5) is 0 Å². The van der Waals surface area contributed by atoms with Gasteiger partial charge < -0.3 is 4.90 Å². The first-order valence-corrected chi connectivity index (χ1v) is 8.86. The Hall–Kier alpha value is -1.08. The highest BCUT2D eigenvalue weighted by molar-refractivity contribution is 5.61. The smallest absolute Gasteiger partial charge is 0.00187 e. The second-order valence-corrected chi connectivity index (χ2v) is 6.63. The van der Waals surface area contributed by atoms with Gasteiger partial charge in [0, 0.05) is 6.54 Å². The van der Waals surface area contributed by atoms with Crippen LogP contribution in [0.5, 0.6) is 0 Å². The first-order valence-electron chi connectivity index (χ1n) is 8.86. The molecule has 1 heteroatoms. The molecule has 0 N–H and O–H groups in total. The zero-order valence-corrected chi connectivity index (χ0v) is 13.8. The molecule has 1 aromatic rings. The van der Waals surface area contributed by atoms with Crippen molar-refractivity contribution in [2.45, 2.75) is 58.8 Å². The molecular formula is C20H29N. The molecule has 0 radical (unpaired) electrons. The zero-order valence-electron chi connectivity index (χ0n) is 13.8. The van der Waals surface area contributed by atoms with Gasteiger partial charge in [-0.05, 0) is 80.3 Å². The SMILES string of the molecule is CCc1cc2c(cc1CC)CCC(CCN1CCCC1)=C2. The molecule has 1 saturated heterocycles. The minimum absolute atomic E-state index is 1.16. The van der Waals surface area contributed by atoms with Crippen LogP contribution in [0.3, 0.4) is 0 Å². The molecule has 0 unspecified atom stereocenters. The van der Waals surface area contributed by atoms with Crippen LogP contribution in [0.25, 0.3) is 6.08 Å². The van der Waals surface area contributed by atoms with E-state index in [-0.39, 0.29) is 0 Å². The molecule has 1 aliphatic carbocycles. The van der Waals surface area contributed by atoms with Gasteiger partial charge in [0.2, 0.25) is 0 Å². The summed E-state index contributed by atoms with van der Waals surface area (Å²) in [5, 5.41) is 0. The van der Waals surface area contributed by atoms with E-state index in [0.717, 1.165) is 6.42 Å². The van der Waals surface area contributed by atoms with E-state index in [1.165, 1.54) is 63.7 Å². The Morgan fingerprint density at radius 1 is 0.952 bits per heavy atom. The Bertz CT molecular complexity index is 521. The Morgan fingerprint density at radius 2 is 1.67 bits per heavy atom. The normalized spacial score (nSPS) is 18.7. The summed E-state index contributed by atoms with van der Waals surface area (Å²) in [5.74, 6) is 0. The molecule has 0 bridgehead atoms. The van der Waals surface area contributed by atoms with E-state index in [1.807, 2.05) is 0 Å². The topological polar surface area (TPSA) is 3.24 Å². The van der Waals surface area contributed by atoms with Crippen LogP contribution in [-0.2, 0) is 19.3 Å². The lowest BCUT2D eigenvalue weighted by molar-refractivity contribution is 0.342. The summed E-state index contributed by atoms with van der Waals surface area (Å²) in [6, 6.07) is 4.94. The third kappa shape index (κ3) is 3.40. The number of rotatable bonds is 5. The number of hydrogen-bond donors (Lipinski definition) is 0. The summed E-state index contributed by atoms with van der Waals surface area (Å²) >= 11 is 0. The average Bonchev–Trinajstić information content (AvgIpc) is 3.04. The van der Waals surface area contributed by atoms with Crippen LogP contribution >= 0.6 is 0 Å². The first kappa shape index (κ1) is 14.8. The van der Waals surface area contributed by atoms with Gasteiger partial charge in [-0.2, -0.15) is 0 Å². The summed E-state index contributed by atoms with van der Waals surface area (Å²) in [5.41, 5.74) is 7.86. The highest BCUT2D eigenvalue weighted by Crippen LogP contribution is 2.29. The van der Waals surface area contributed by atoms with Crippen molar-refractivity contribution in [3.8, 4) is 0 Å². The lowest BCUT2D eigenvalue weighted by Gasteiger charge is -2.21. The molecular weight excluding hydrogens is 254 g/mol. The lowest BCUT2D eigenvalue weighted by Crippen LogP contribution is -2.21. The van der Waals surface area contributed by atoms with E-state index in [1.54, 1.807) is 22.3 Å². The molecule has 2 aliphatic rings. The maximum absolute atomic E-state index is 2.63. The van der Waals surface area contributed by atoms with Crippen molar-refractivity contribution < 1.29 is 0 Å². The molecule has 1 aliphatic heterocycles. The molecule has 1 aromatic carbocycles. The fourth-order valence-electron chi connectivity index (χ4n) is 3.86. The second kappa shape index (κ2) is 6.79. The van der Waals surface area contributed by atoms with Gasteiger partial charge in [-0.1, -0.05) is 37.6 Å². The van der Waals surface area contributed by atoms with Crippen LogP contribution in [0, 0.1) is 0 Å². The predicted octanol–water partition coefficient (Wildman–Crippen LogP) is 4.63. The van der Waals surface area contributed by atoms with Gasteiger partial charge in [0.1, 0.15) is 0 Å². The van der Waals surface area contributed by atoms with E-state index in [0.29, 0.717) is 0 Å². The third-order valence-electron chi connectivity index (χ3n) is 5.25. The third-order valence-corrected chi connectivity index (χ3v) is 5.25. The number of benzene rings is 1. The highest BCUT2D eigenvalue weighted by atomic mass is 15.1. The van der Waals surface area contributed by atoms with Crippen molar-refractivity contribution in [2.75, 3.05) is 19.6 Å². The highest BCUT2D eigenvalue weighted by Gasteiger charge is 2.15. The van der Waals surface area contributed by atoms with Crippen molar-refractivity contribution in [1.29, 1.82) is 0 Å². The number of likely N-dealkylation sites (tertiary alicyclic amines) is 1. The van der Waals surface area contributed by atoms with Crippen LogP contribution < -0.4 is 0 Å². The summed E-state index contributed by atoms with van der Waals surface area (Å²) in [4.78, 5) is 2.63. The maximum atomic E-state index is 2.63. The molecule has 0 atom stereocenters. The van der Waals surface area contributed by atoms with Gasteiger partial charge in [0.25, 0.3) is 0 Å². The maximum Gasteiger partial charge on any atom is 0.00187 e. The summed E-state index contributed by atoms with van der Waals surface area (Å²) in [7, 11) is 0. The molecule has 1 nitrogen and oxygen atoms in total. The predicted molar refractivity (Wildman–Crippen MR) is 91.8 cm³/mol. The number of nitrogens with zero attached hydrogens (tertiary/aromatic N) is 1.